The summed E-state index contributed by atoms with van der Waals surface area (Å²) in [6.07, 6.45) is 0. The van der Waals surface area contributed by atoms with E-state index in [2.05, 4.69) is 26.1 Å². The first kappa shape index (κ1) is 7.93. The Balaban J connectivity index is 3.20. The highest BCUT2D eigenvalue weighted by molar-refractivity contribution is 9.10. The van der Waals surface area contributed by atoms with E-state index in [1.807, 2.05) is 0 Å². The fraction of sp³-hybridized carbons (Fsp3) is 0. The van der Waals surface area contributed by atoms with Gasteiger partial charge >= 0.3 is 5.97 Å². The van der Waals surface area contributed by atoms with Crippen LogP contribution < -0.4 is 5.73 Å². The van der Waals surface area contributed by atoms with Crippen molar-refractivity contribution in [3.8, 4) is 0 Å². The number of anilines is 1. The molecule has 11 heavy (non-hydrogen) atoms. The van der Waals surface area contributed by atoms with Crippen molar-refractivity contribution in [3.63, 3.8) is 0 Å². The lowest BCUT2D eigenvalue weighted by Crippen LogP contribution is -2.06. The third-order valence-electron chi connectivity index (χ3n) is 0.996. The lowest BCUT2D eigenvalue weighted by molar-refractivity contribution is 0.0690. The van der Waals surface area contributed by atoms with E-state index in [4.69, 9.17) is 10.8 Å². The molecule has 0 unspecified atom stereocenters. The van der Waals surface area contributed by atoms with Gasteiger partial charge in [-0.3, -0.25) is 0 Å². The number of carbonyl (C=O) groups is 1. The molecule has 5 nitrogen and oxygen atoms in total. The van der Waals surface area contributed by atoms with Crippen molar-refractivity contribution >= 4 is 27.6 Å². The molecule has 0 aromatic carbocycles. The molecule has 0 amide bonds. The molecule has 1 heterocycles. The molecule has 3 N–H and O–H groups in total. The average molecular weight is 218 g/mol. The lowest BCUT2D eigenvalue weighted by Gasteiger charge is -1.96. The molecule has 0 atom stereocenters. The van der Waals surface area contributed by atoms with Crippen molar-refractivity contribution in [1.82, 2.24) is 10.2 Å². The largest absolute Gasteiger partial charge is 0.476 e. The summed E-state index contributed by atoms with van der Waals surface area (Å²) in [5.74, 6) is -1.18. The van der Waals surface area contributed by atoms with Crippen LogP contribution in [0.1, 0.15) is 10.5 Å². The fourth-order valence-corrected chi connectivity index (χ4v) is 0.873. The predicted octanol–water partition coefficient (Wildman–Crippen LogP) is 0.520. The molecule has 1 aromatic heterocycles. The van der Waals surface area contributed by atoms with Gasteiger partial charge in [0.1, 0.15) is 4.60 Å². The van der Waals surface area contributed by atoms with E-state index in [0.29, 0.717) is 4.60 Å². The quantitative estimate of drug-likeness (QED) is 0.717. The molecule has 0 radical (unpaired) electrons. The highest BCUT2D eigenvalue weighted by atomic mass is 79.9. The Morgan fingerprint density at radius 1 is 1.64 bits per heavy atom. The maximum Gasteiger partial charge on any atom is 0.358 e. The van der Waals surface area contributed by atoms with Crippen LogP contribution in [0.2, 0.25) is 0 Å². The number of aromatic carboxylic acids is 1. The number of aromatic nitrogens is 2. The number of carboxylic acids is 1. The monoisotopic (exact) mass is 217 g/mol. The maximum atomic E-state index is 10.3. The number of rotatable bonds is 1. The van der Waals surface area contributed by atoms with Gasteiger partial charge in [0.05, 0.1) is 5.69 Å². The third-order valence-corrected chi connectivity index (χ3v) is 1.38. The van der Waals surface area contributed by atoms with Crippen molar-refractivity contribution < 1.29 is 9.90 Å². The van der Waals surface area contributed by atoms with Crippen LogP contribution in [0, 0.1) is 0 Å². The van der Waals surface area contributed by atoms with Gasteiger partial charge in [-0.1, -0.05) is 0 Å². The molecule has 0 bridgehead atoms. The predicted molar refractivity (Wildman–Crippen MR) is 41.1 cm³/mol. The second-order valence-corrected chi connectivity index (χ2v) is 2.59. The first-order valence-corrected chi connectivity index (χ1v) is 3.42. The average Bonchev–Trinajstić information content (AvgIpc) is 1.85. The van der Waals surface area contributed by atoms with Gasteiger partial charge in [-0.05, 0) is 22.0 Å². The molecule has 58 valence electrons. The van der Waals surface area contributed by atoms with E-state index >= 15 is 0 Å². The second-order valence-electron chi connectivity index (χ2n) is 1.78. The van der Waals surface area contributed by atoms with Crippen LogP contribution >= 0.6 is 15.9 Å². The highest BCUT2D eigenvalue weighted by Gasteiger charge is 2.09. The Kier molecular flexibility index (Phi) is 2.04. The molecule has 1 aromatic rings. The molecule has 0 saturated carbocycles. The molecule has 1 rings (SSSR count). The lowest BCUT2D eigenvalue weighted by atomic mass is 10.3. The van der Waals surface area contributed by atoms with E-state index in [0.717, 1.165) is 0 Å². The summed E-state index contributed by atoms with van der Waals surface area (Å²) < 4.78 is 0.417. The Labute approximate surface area is 70.4 Å². The fourth-order valence-electron chi connectivity index (χ4n) is 0.547. The zero-order valence-electron chi connectivity index (χ0n) is 5.28. The Bertz CT molecular complexity index is 302. The number of nitrogens with zero attached hydrogens (tertiary/aromatic N) is 2. The Morgan fingerprint density at radius 3 is 2.73 bits per heavy atom. The van der Waals surface area contributed by atoms with Gasteiger partial charge in [-0.15, -0.1) is 10.2 Å². The Hall–Kier alpha value is -1.17. The van der Waals surface area contributed by atoms with Crippen LogP contribution in [-0.2, 0) is 0 Å². The third kappa shape index (κ3) is 1.64. The summed E-state index contributed by atoms with van der Waals surface area (Å²) in [5.41, 5.74) is 5.18. The zero-order chi connectivity index (χ0) is 8.43. The highest BCUT2D eigenvalue weighted by Crippen LogP contribution is 2.12. The summed E-state index contributed by atoms with van der Waals surface area (Å²) >= 11 is 3.00. The maximum absolute atomic E-state index is 10.3. The van der Waals surface area contributed by atoms with E-state index in [-0.39, 0.29) is 11.4 Å². The summed E-state index contributed by atoms with van der Waals surface area (Å²) in [4.78, 5) is 10.3. The van der Waals surface area contributed by atoms with Crippen LogP contribution in [0.15, 0.2) is 10.7 Å². The minimum absolute atomic E-state index is 0.0966. The number of hydrogen-bond acceptors (Lipinski definition) is 4. The zero-order valence-corrected chi connectivity index (χ0v) is 6.87. The van der Waals surface area contributed by atoms with Crippen molar-refractivity contribution in [2.75, 3.05) is 5.73 Å². The number of carboxylic acid groups (broad SMARTS) is 1. The Morgan fingerprint density at radius 2 is 2.27 bits per heavy atom. The van der Waals surface area contributed by atoms with Crippen molar-refractivity contribution in [2.45, 2.75) is 0 Å². The van der Waals surface area contributed by atoms with Crippen molar-refractivity contribution in [3.05, 3.63) is 16.4 Å². The molecule has 0 saturated heterocycles. The SMILES string of the molecule is Nc1cc(Br)nnc1C(=O)O. The van der Waals surface area contributed by atoms with Crippen LogP contribution in [0.3, 0.4) is 0 Å². The van der Waals surface area contributed by atoms with Crippen LogP contribution in [0.4, 0.5) is 5.69 Å². The number of hydrogen-bond donors (Lipinski definition) is 2. The molecular weight excluding hydrogens is 214 g/mol. The molecule has 0 aliphatic heterocycles. The van der Waals surface area contributed by atoms with Crippen LogP contribution in [-0.4, -0.2) is 21.3 Å². The molecule has 0 spiro atoms. The molecule has 6 heteroatoms. The van der Waals surface area contributed by atoms with Gasteiger partial charge in [0.25, 0.3) is 0 Å². The molecule has 0 aliphatic carbocycles. The van der Waals surface area contributed by atoms with Gasteiger partial charge in [-0.2, -0.15) is 0 Å². The van der Waals surface area contributed by atoms with E-state index in [9.17, 15) is 4.79 Å². The first-order chi connectivity index (χ1) is 5.11. The minimum Gasteiger partial charge on any atom is -0.476 e. The van der Waals surface area contributed by atoms with Crippen molar-refractivity contribution in [2.24, 2.45) is 0 Å². The van der Waals surface area contributed by atoms with E-state index < -0.39 is 5.97 Å². The standard InChI is InChI=1S/C5H4BrN3O2/c6-3-1-2(7)4(5(10)11)9-8-3/h1H,(H2,7,8)(H,10,11). The van der Waals surface area contributed by atoms with Gasteiger partial charge < -0.3 is 10.8 Å². The normalized spacial score (nSPS) is 9.55. The second kappa shape index (κ2) is 2.83. The number of nitrogen functional groups attached to an aromatic ring is 1. The summed E-state index contributed by atoms with van der Waals surface area (Å²) in [6, 6.07) is 1.39. The molecular formula is C5H4BrN3O2. The topological polar surface area (TPSA) is 89.1 Å². The van der Waals surface area contributed by atoms with Crippen LogP contribution in [0.25, 0.3) is 0 Å². The van der Waals surface area contributed by atoms with E-state index in [1.165, 1.54) is 6.07 Å². The smallest absolute Gasteiger partial charge is 0.358 e. The van der Waals surface area contributed by atoms with Gasteiger partial charge in [0.2, 0.25) is 0 Å². The van der Waals surface area contributed by atoms with Gasteiger partial charge in [0, 0.05) is 0 Å². The molecule has 0 fully saturated rings. The number of nitrogens with two attached hydrogens (primary N) is 1. The number of halogens is 1. The van der Waals surface area contributed by atoms with Gasteiger partial charge in [-0.25, -0.2) is 4.79 Å². The van der Waals surface area contributed by atoms with Crippen molar-refractivity contribution in [1.29, 1.82) is 0 Å². The van der Waals surface area contributed by atoms with Crippen LogP contribution in [0.5, 0.6) is 0 Å². The van der Waals surface area contributed by atoms with Gasteiger partial charge in [0.15, 0.2) is 5.69 Å². The minimum atomic E-state index is -1.18. The first-order valence-electron chi connectivity index (χ1n) is 2.63. The summed E-state index contributed by atoms with van der Waals surface area (Å²) in [5, 5.41) is 15.3. The summed E-state index contributed by atoms with van der Waals surface area (Å²) in [6.45, 7) is 0. The summed E-state index contributed by atoms with van der Waals surface area (Å²) in [7, 11) is 0. The molecule has 0 aliphatic rings. The van der Waals surface area contributed by atoms with E-state index in [1.54, 1.807) is 0 Å².